The average molecular weight is 354 g/mol. The van der Waals surface area contributed by atoms with Crippen LogP contribution in [0.15, 0.2) is 35.6 Å². The third kappa shape index (κ3) is 3.28. The van der Waals surface area contributed by atoms with Gasteiger partial charge in [0.15, 0.2) is 0 Å². The van der Waals surface area contributed by atoms with Gasteiger partial charge in [0.25, 0.3) is 5.91 Å². The van der Waals surface area contributed by atoms with Gasteiger partial charge in [-0.1, -0.05) is 25.0 Å². The molecule has 0 radical (unpaired) electrons. The Morgan fingerprint density at radius 3 is 2.88 bits per heavy atom. The number of hydrogen-bond acceptors (Lipinski definition) is 3. The number of aliphatic imine (C=N–C) groups is 1. The minimum absolute atomic E-state index is 0.260. The Labute approximate surface area is 152 Å². The van der Waals surface area contributed by atoms with Gasteiger partial charge >= 0.3 is 0 Å². The summed E-state index contributed by atoms with van der Waals surface area (Å²) in [4.78, 5) is 17.3. The highest BCUT2D eigenvalue weighted by molar-refractivity contribution is 6.46. The van der Waals surface area contributed by atoms with Gasteiger partial charge in [0, 0.05) is 30.9 Å². The maximum absolute atomic E-state index is 14.1. The van der Waals surface area contributed by atoms with E-state index in [1.54, 1.807) is 10.9 Å². The molecule has 2 atom stereocenters. The molecular formula is C20H23FN4O. The van der Waals surface area contributed by atoms with Crippen LogP contribution in [0.4, 0.5) is 4.39 Å². The van der Waals surface area contributed by atoms with E-state index in [0.717, 1.165) is 41.5 Å². The Hall–Kier alpha value is -2.50. The highest BCUT2D eigenvalue weighted by Gasteiger charge is 2.29. The predicted octanol–water partition coefficient (Wildman–Crippen LogP) is 2.83. The van der Waals surface area contributed by atoms with Crippen molar-refractivity contribution in [3.8, 4) is 11.1 Å². The van der Waals surface area contributed by atoms with Crippen molar-refractivity contribution in [2.75, 3.05) is 6.54 Å². The van der Waals surface area contributed by atoms with E-state index in [-0.39, 0.29) is 5.91 Å². The van der Waals surface area contributed by atoms with E-state index < -0.39 is 12.2 Å². The molecule has 1 N–H and O–H groups in total. The Bertz CT molecular complexity index is 857. The normalized spacial score (nSPS) is 22.5. The van der Waals surface area contributed by atoms with Crippen molar-refractivity contribution in [2.45, 2.75) is 44.3 Å². The third-order valence-corrected chi connectivity index (χ3v) is 5.27. The quantitative estimate of drug-likeness (QED) is 0.921. The minimum atomic E-state index is -0.960. The first-order valence-electron chi connectivity index (χ1n) is 9.23. The highest BCUT2D eigenvalue weighted by Crippen LogP contribution is 2.26. The Morgan fingerprint density at radius 2 is 2.12 bits per heavy atom. The number of nitrogens with one attached hydrogen (secondary N) is 1. The fourth-order valence-electron chi connectivity index (χ4n) is 3.82. The summed E-state index contributed by atoms with van der Waals surface area (Å²) >= 11 is 0. The Balaban J connectivity index is 1.60. The van der Waals surface area contributed by atoms with Gasteiger partial charge in [-0.25, -0.2) is 4.39 Å². The topological polar surface area (TPSA) is 59.3 Å². The number of amides is 1. The van der Waals surface area contributed by atoms with Gasteiger partial charge in [-0.05, 0) is 36.5 Å². The number of carbonyl (C=O) groups excluding carboxylic acids is 1. The summed E-state index contributed by atoms with van der Waals surface area (Å²) in [6.07, 6.45) is 6.68. The average Bonchev–Trinajstić information content (AvgIpc) is 3.09. The van der Waals surface area contributed by atoms with Crippen molar-refractivity contribution in [2.24, 2.45) is 12.0 Å². The largest absolute Gasteiger partial charge is 0.345 e. The fourth-order valence-corrected chi connectivity index (χ4v) is 3.82. The second-order valence-corrected chi connectivity index (χ2v) is 7.14. The van der Waals surface area contributed by atoms with E-state index in [1.165, 1.54) is 0 Å². The van der Waals surface area contributed by atoms with Gasteiger partial charge in [-0.15, -0.1) is 0 Å². The van der Waals surface area contributed by atoms with E-state index in [4.69, 9.17) is 0 Å². The number of aryl methyl sites for hydroxylation is 1. The molecule has 136 valence electrons. The molecule has 1 amide bonds. The van der Waals surface area contributed by atoms with E-state index in [9.17, 15) is 9.18 Å². The Morgan fingerprint density at radius 1 is 1.27 bits per heavy atom. The number of aromatic nitrogens is 2. The van der Waals surface area contributed by atoms with Gasteiger partial charge in [0.05, 0.1) is 12.2 Å². The second kappa shape index (κ2) is 7.02. The van der Waals surface area contributed by atoms with Gasteiger partial charge in [-0.2, -0.15) is 5.10 Å². The van der Waals surface area contributed by atoms with Crippen molar-refractivity contribution in [3.05, 3.63) is 41.7 Å². The van der Waals surface area contributed by atoms with Crippen LogP contribution in [-0.4, -0.2) is 40.2 Å². The molecule has 4 rings (SSSR count). The summed E-state index contributed by atoms with van der Waals surface area (Å²) in [6, 6.07) is 5.71. The lowest BCUT2D eigenvalue weighted by Crippen LogP contribution is -2.46. The van der Waals surface area contributed by atoms with Gasteiger partial charge in [0.2, 0.25) is 0 Å². The number of fused-ring (bicyclic) bond motifs is 1. The number of hydrogen-bond donors (Lipinski definition) is 1. The van der Waals surface area contributed by atoms with Crippen LogP contribution in [-0.2, 0) is 18.3 Å². The molecule has 2 aromatic rings. The van der Waals surface area contributed by atoms with Crippen LogP contribution < -0.4 is 5.32 Å². The molecule has 1 fully saturated rings. The summed E-state index contributed by atoms with van der Waals surface area (Å²) in [5.41, 5.74) is 4.38. The third-order valence-electron chi connectivity index (χ3n) is 5.27. The first-order chi connectivity index (χ1) is 12.6. The van der Waals surface area contributed by atoms with E-state index >= 15 is 0 Å². The molecule has 0 saturated heterocycles. The van der Waals surface area contributed by atoms with E-state index in [1.807, 2.05) is 19.3 Å². The highest BCUT2D eigenvalue weighted by atomic mass is 19.1. The number of carbonyl (C=O) groups is 1. The minimum Gasteiger partial charge on any atom is -0.345 e. The zero-order valence-corrected chi connectivity index (χ0v) is 14.9. The van der Waals surface area contributed by atoms with Crippen molar-refractivity contribution >= 4 is 11.6 Å². The molecule has 26 heavy (non-hydrogen) atoms. The number of rotatable bonds is 3. The van der Waals surface area contributed by atoms with E-state index in [0.29, 0.717) is 25.1 Å². The van der Waals surface area contributed by atoms with Crippen LogP contribution in [0, 0.1) is 0 Å². The van der Waals surface area contributed by atoms with Crippen molar-refractivity contribution in [1.82, 2.24) is 15.1 Å². The number of alkyl halides is 1. The first-order valence-corrected chi connectivity index (χ1v) is 9.23. The van der Waals surface area contributed by atoms with Gasteiger partial charge in [0.1, 0.15) is 11.9 Å². The molecular weight excluding hydrogens is 331 g/mol. The predicted molar refractivity (Wildman–Crippen MR) is 99.0 cm³/mol. The molecule has 6 heteroatoms. The molecule has 2 aliphatic rings. The fraction of sp³-hybridized carbons (Fsp3) is 0.450. The van der Waals surface area contributed by atoms with Crippen LogP contribution in [0.25, 0.3) is 11.1 Å². The molecule has 1 aromatic carbocycles. The SMILES string of the molecule is Cn1cc(-c2ccc3c(c2)C(C(=O)N[C@@H]2CCCC[C@H]2F)=NCC3)cn1. The van der Waals surface area contributed by atoms with Crippen LogP contribution >= 0.6 is 0 Å². The molecule has 0 bridgehead atoms. The number of benzene rings is 1. The first kappa shape index (κ1) is 16.9. The van der Waals surface area contributed by atoms with Gasteiger partial charge in [-0.3, -0.25) is 14.5 Å². The van der Waals surface area contributed by atoms with Crippen LogP contribution in [0.1, 0.15) is 36.8 Å². The molecule has 1 saturated carbocycles. The van der Waals surface area contributed by atoms with Gasteiger partial charge < -0.3 is 5.32 Å². The standard InChI is InChI=1S/C20H23FN4O/c1-25-12-15(11-23-25)14-7-6-13-8-9-22-19(16(13)10-14)20(26)24-18-5-3-2-4-17(18)21/h6-7,10-12,17-18H,2-5,8-9H2,1H3,(H,24,26)/t17-,18-/m1/s1. The lowest BCUT2D eigenvalue weighted by molar-refractivity contribution is -0.116. The van der Waals surface area contributed by atoms with Crippen LogP contribution in [0.5, 0.6) is 0 Å². The summed E-state index contributed by atoms with van der Waals surface area (Å²) in [5.74, 6) is -0.260. The second-order valence-electron chi connectivity index (χ2n) is 7.14. The summed E-state index contributed by atoms with van der Waals surface area (Å²) in [7, 11) is 1.87. The monoisotopic (exact) mass is 354 g/mol. The van der Waals surface area contributed by atoms with Crippen molar-refractivity contribution < 1.29 is 9.18 Å². The van der Waals surface area contributed by atoms with Crippen molar-refractivity contribution in [1.29, 1.82) is 0 Å². The summed E-state index contributed by atoms with van der Waals surface area (Å²) < 4.78 is 15.8. The van der Waals surface area contributed by atoms with Crippen molar-refractivity contribution in [3.63, 3.8) is 0 Å². The molecule has 1 aliphatic heterocycles. The maximum Gasteiger partial charge on any atom is 0.270 e. The number of nitrogens with zero attached hydrogens (tertiary/aromatic N) is 3. The lowest BCUT2D eigenvalue weighted by Gasteiger charge is -2.27. The maximum atomic E-state index is 14.1. The zero-order chi connectivity index (χ0) is 18.1. The molecule has 0 spiro atoms. The zero-order valence-electron chi connectivity index (χ0n) is 14.9. The number of halogens is 1. The molecule has 1 aliphatic carbocycles. The smallest absolute Gasteiger partial charge is 0.270 e. The summed E-state index contributed by atoms with van der Waals surface area (Å²) in [6.45, 7) is 0.589. The molecule has 5 nitrogen and oxygen atoms in total. The summed E-state index contributed by atoms with van der Waals surface area (Å²) in [5, 5.41) is 7.09. The van der Waals surface area contributed by atoms with Crippen LogP contribution in [0.3, 0.4) is 0 Å². The van der Waals surface area contributed by atoms with E-state index in [2.05, 4.69) is 27.5 Å². The molecule has 0 unspecified atom stereocenters. The molecule has 2 heterocycles. The lowest BCUT2D eigenvalue weighted by atomic mass is 9.91. The van der Waals surface area contributed by atoms with Crippen LogP contribution in [0.2, 0.25) is 0 Å². The molecule has 1 aromatic heterocycles. The Kier molecular flexibility index (Phi) is 4.57.